The van der Waals surface area contributed by atoms with Gasteiger partial charge in [0.1, 0.15) is 0 Å². The Morgan fingerprint density at radius 1 is 1.31 bits per heavy atom. The number of likely N-dealkylation sites (N-methyl/N-ethyl adjacent to an activating group) is 1. The molecule has 0 aliphatic carbocycles. The first-order chi connectivity index (χ1) is 7.76. The van der Waals surface area contributed by atoms with Crippen molar-refractivity contribution in [3.63, 3.8) is 0 Å². The molecule has 1 saturated heterocycles. The van der Waals surface area contributed by atoms with Crippen molar-refractivity contribution in [3.05, 3.63) is 0 Å². The molecule has 2 unspecified atom stereocenters. The van der Waals surface area contributed by atoms with Crippen LogP contribution in [0, 0.1) is 5.92 Å². The number of nitrogens with zero attached hydrogens (tertiary/aromatic N) is 1. The van der Waals surface area contributed by atoms with E-state index in [1.807, 2.05) is 0 Å². The molecule has 0 aromatic carbocycles. The highest BCUT2D eigenvalue weighted by molar-refractivity contribution is 4.76. The van der Waals surface area contributed by atoms with Crippen molar-refractivity contribution in [2.75, 3.05) is 26.2 Å². The van der Waals surface area contributed by atoms with E-state index in [2.05, 4.69) is 31.0 Å². The Labute approximate surface area is 102 Å². The standard InChI is InChI=1S/C14H30N2/c1-4-8-13(3)11-16(5-2)12-14-9-6-7-10-15-14/h13-15H,4-12H2,1-3H3. The highest BCUT2D eigenvalue weighted by atomic mass is 15.1. The van der Waals surface area contributed by atoms with Crippen LogP contribution < -0.4 is 5.32 Å². The van der Waals surface area contributed by atoms with E-state index < -0.39 is 0 Å². The minimum absolute atomic E-state index is 0.752. The summed E-state index contributed by atoms with van der Waals surface area (Å²) >= 11 is 0. The summed E-state index contributed by atoms with van der Waals surface area (Å²) in [6.45, 7) is 11.9. The third-order valence-corrected chi connectivity index (χ3v) is 3.69. The van der Waals surface area contributed by atoms with Crippen LogP contribution in [0.1, 0.15) is 52.9 Å². The molecule has 0 saturated carbocycles. The number of rotatable bonds is 7. The summed E-state index contributed by atoms with van der Waals surface area (Å²) < 4.78 is 0. The van der Waals surface area contributed by atoms with E-state index in [9.17, 15) is 0 Å². The van der Waals surface area contributed by atoms with Crippen molar-refractivity contribution >= 4 is 0 Å². The van der Waals surface area contributed by atoms with Crippen LogP contribution in [0.5, 0.6) is 0 Å². The Hall–Kier alpha value is -0.0800. The van der Waals surface area contributed by atoms with Crippen LogP contribution in [0.25, 0.3) is 0 Å². The minimum Gasteiger partial charge on any atom is -0.313 e. The Morgan fingerprint density at radius 3 is 2.69 bits per heavy atom. The van der Waals surface area contributed by atoms with Gasteiger partial charge in [0.15, 0.2) is 0 Å². The second kappa shape index (κ2) is 8.08. The van der Waals surface area contributed by atoms with E-state index in [0.29, 0.717) is 0 Å². The Kier molecular flexibility index (Phi) is 7.06. The SMILES string of the molecule is CCCC(C)CN(CC)CC1CCCCN1. The molecule has 2 atom stereocenters. The molecule has 1 fully saturated rings. The molecule has 0 spiro atoms. The van der Waals surface area contributed by atoms with Crippen LogP contribution in [0.4, 0.5) is 0 Å². The van der Waals surface area contributed by atoms with Crippen LogP contribution >= 0.6 is 0 Å². The molecule has 0 bridgehead atoms. The second-order valence-corrected chi connectivity index (χ2v) is 5.39. The summed E-state index contributed by atoms with van der Waals surface area (Å²) in [5, 5.41) is 3.65. The van der Waals surface area contributed by atoms with Gasteiger partial charge in [0.2, 0.25) is 0 Å². The molecule has 1 aliphatic rings. The zero-order valence-corrected chi connectivity index (χ0v) is 11.5. The molecule has 0 aromatic rings. The van der Waals surface area contributed by atoms with Gasteiger partial charge in [-0.1, -0.05) is 33.6 Å². The predicted molar refractivity (Wildman–Crippen MR) is 71.8 cm³/mol. The van der Waals surface area contributed by atoms with Gasteiger partial charge in [-0.15, -0.1) is 0 Å². The zero-order chi connectivity index (χ0) is 11.8. The van der Waals surface area contributed by atoms with Gasteiger partial charge in [0.25, 0.3) is 0 Å². The lowest BCUT2D eigenvalue weighted by Gasteiger charge is -2.31. The highest BCUT2D eigenvalue weighted by Crippen LogP contribution is 2.11. The van der Waals surface area contributed by atoms with Crippen LogP contribution in [-0.2, 0) is 0 Å². The van der Waals surface area contributed by atoms with E-state index in [-0.39, 0.29) is 0 Å². The molecule has 1 aliphatic heterocycles. The monoisotopic (exact) mass is 226 g/mol. The van der Waals surface area contributed by atoms with Crippen molar-refractivity contribution < 1.29 is 0 Å². The normalized spacial score (nSPS) is 23.6. The molecular formula is C14H30N2. The van der Waals surface area contributed by atoms with Crippen molar-refractivity contribution in [1.29, 1.82) is 0 Å². The maximum Gasteiger partial charge on any atom is 0.0195 e. The maximum atomic E-state index is 3.65. The first kappa shape index (κ1) is 14.0. The number of hydrogen-bond donors (Lipinski definition) is 1. The lowest BCUT2D eigenvalue weighted by atomic mass is 10.0. The minimum atomic E-state index is 0.752. The molecule has 96 valence electrons. The first-order valence-electron chi connectivity index (χ1n) is 7.22. The molecule has 0 amide bonds. The van der Waals surface area contributed by atoms with Gasteiger partial charge in [-0.2, -0.15) is 0 Å². The molecule has 2 nitrogen and oxygen atoms in total. The average Bonchev–Trinajstić information content (AvgIpc) is 2.30. The molecule has 1 N–H and O–H groups in total. The predicted octanol–water partition coefficient (Wildman–Crippen LogP) is 2.89. The van der Waals surface area contributed by atoms with Gasteiger partial charge >= 0.3 is 0 Å². The van der Waals surface area contributed by atoms with Crippen LogP contribution in [0.2, 0.25) is 0 Å². The Balaban J connectivity index is 2.24. The fourth-order valence-corrected chi connectivity index (χ4v) is 2.75. The van der Waals surface area contributed by atoms with Gasteiger partial charge < -0.3 is 10.2 Å². The molecule has 0 aromatic heterocycles. The second-order valence-electron chi connectivity index (χ2n) is 5.39. The smallest absolute Gasteiger partial charge is 0.0195 e. The zero-order valence-electron chi connectivity index (χ0n) is 11.5. The van der Waals surface area contributed by atoms with E-state index in [1.165, 1.54) is 58.3 Å². The van der Waals surface area contributed by atoms with Gasteiger partial charge in [-0.3, -0.25) is 0 Å². The lowest BCUT2D eigenvalue weighted by Crippen LogP contribution is -2.44. The van der Waals surface area contributed by atoms with Gasteiger partial charge in [0.05, 0.1) is 0 Å². The third kappa shape index (κ3) is 5.31. The lowest BCUT2D eigenvalue weighted by molar-refractivity contribution is 0.204. The fraction of sp³-hybridized carbons (Fsp3) is 1.00. The van der Waals surface area contributed by atoms with Gasteiger partial charge in [-0.25, -0.2) is 0 Å². The first-order valence-corrected chi connectivity index (χ1v) is 7.22. The van der Waals surface area contributed by atoms with Crippen molar-refractivity contribution in [1.82, 2.24) is 10.2 Å². The van der Waals surface area contributed by atoms with Crippen LogP contribution in [-0.4, -0.2) is 37.1 Å². The molecule has 2 heteroatoms. The van der Waals surface area contributed by atoms with Crippen molar-refractivity contribution in [2.24, 2.45) is 5.92 Å². The third-order valence-electron chi connectivity index (χ3n) is 3.69. The maximum absolute atomic E-state index is 3.65. The number of nitrogens with one attached hydrogen (secondary N) is 1. The fourth-order valence-electron chi connectivity index (χ4n) is 2.75. The average molecular weight is 226 g/mol. The number of piperidine rings is 1. The van der Waals surface area contributed by atoms with Crippen LogP contribution in [0.3, 0.4) is 0 Å². The Bertz CT molecular complexity index is 164. The van der Waals surface area contributed by atoms with E-state index in [0.717, 1.165) is 12.0 Å². The van der Waals surface area contributed by atoms with Crippen LogP contribution in [0.15, 0.2) is 0 Å². The molecule has 16 heavy (non-hydrogen) atoms. The summed E-state index contributed by atoms with van der Waals surface area (Å²) in [6, 6.07) is 0.752. The Morgan fingerprint density at radius 2 is 2.12 bits per heavy atom. The molecule has 1 heterocycles. The van der Waals surface area contributed by atoms with E-state index >= 15 is 0 Å². The summed E-state index contributed by atoms with van der Waals surface area (Å²) in [5.74, 6) is 0.855. The number of hydrogen-bond acceptors (Lipinski definition) is 2. The van der Waals surface area contributed by atoms with Gasteiger partial charge in [-0.05, 0) is 38.3 Å². The summed E-state index contributed by atoms with van der Waals surface area (Å²) in [6.07, 6.45) is 6.85. The van der Waals surface area contributed by atoms with E-state index in [4.69, 9.17) is 0 Å². The van der Waals surface area contributed by atoms with Crippen molar-refractivity contribution in [3.8, 4) is 0 Å². The topological polar surface area (TPSA) is 15.3 Å². The molecule has 0 radical (unpaired) electrons. The molecule has 1 rings (SSSR count). The highest BCUT2D eigenvalue weighted by Gasteiger charge is 2.16. The van der Waals surface area contributed by atoms with Gasteiger partial charge in [0, 0.05) is 19.1 Å². The summed E-state index contributed by atoms with van der Waals surface area (Å²) in [5.41, 5.74) is 0. The summed E-state index contributed by atoms with van der Waals surface area (Å²) in [4.78, 5) is 2.63. The van der Waals surface area contributed by atoms with E-state index in [1.54, 1.807) is 0 Å². The quantitative estimate of drug-likeness (QED) is 0.718. The largest absolute Gasteiger partial charge is 0.313 e. The summed E-state index contributed by atoms with van der Waals surface area (Å²) in [7, 11) is 0. The molecular weight excluding hydrogens is 196 g/mol. The van der Waals surface area contributed by atoms with Crippen molar-refractivity contribution in [2.45, 2.75) is 58.9 Å².